The molecule has 0 radical (unpaired) electrons. The molecule has 3 nitrogen and oxygen atoms in total. The Morgan fingerprint density at radius 2 is 1.23 bits per heavy atom. The molecule has 0 aliphatic carbocycles. The molecule has 4 aromatic rings. The second-order valence-electron chi connectivity index (χ2n) is 7.23. The first-order valence-electron chi connectivity index (χ1n) is 9.83. The van der Waals surface area contributed by atoms with Gasteiger partial charge in [0.2, 0.25) is 0 Å². The molecule has 0 fully saturated rings. The Kier molecular flexibility index (Phi) is 4.49. The second kappa shape index (κ2) is 7.45. The van der Waals surface area contributed by atoms with E-state index in [4.69, 9.17) is 4.74 Å². The minimum Gasteiger partial charge on any atom is -0.425 e. The minimum absolute atomic E-state index is 0.153. The molecule has 0 spiro atoms. The quantitative estimate of drug-likeness (QED) is 0.255. The first-order chi connectivity index (χ1) is 14.7. The third-order valence-electron chi connectivity index (χ3n) is 5.35. The van der Waals surface area contributed by atoms with Crippen molar-refractivity contribution in [3.63, 3.8) is 0 Å². The maximum Gasteiger partial charge on any atom is 0.315 e. The average Bonchev–Trinajstić information content (AvgIpc) is 3.20. The number of ether oxygens (including phenoxy) is 1. The molecule has 30 heavy (non-hydrogen) atoms. The average molecular weight is 390 g/mol. The van der Waals surface area contributed by atoms with Crippen molar-refractivity contribution in [3.8, 4) is 28.0 Å². The van der Waals surface area contributed by atoms with Crippen LogP contribution in [0.4, 0.5) is 0 Å². The van der Waals surface area contributed by atoms with Gasteiger partial charge in [0.05, 0.1) is 12.0 Å². The molecule has 4 aromatic carbocycles. The van der Waals surface area contributed by atoms with Crippen LogP contribution in [0.25, 0.3) is 22.3 Å². The molecule has 1 aliphatic heterocycles. The van der Waals surface area contributed by atoms with E-state index in [0.29, 0.717) is 16.9 Å². The summed E-state index contributed by atoms with van der Waals surface area (Å²) in [5.41, 5.74) is 5.34. The van der Waals surface area contributed by atoms with Crippen molar-refractivity contribution in [2.45, 2.75) is 6.42 Å². The fourth-order valence-electron chi connectivity index (χ4n) is 3.96. The molecule has 0 unspecified atom stereocenters. The summed E-state index contributed by atoms with van der Waals surface area (Å²) < 4.78 is 5.65. The first-order valence-corrected chi connectivity index (χ1v) is 9.83. The molecular formula is C27H18O3. The van der Waals surface area contributed by atoms with Crippen molar-refractivity contribution in [2.75, 3.05) is 0 Å². The molecule has 0 bridgehead atoms. The molecule has 1 aliphatic rings. The molecule has 0 N–H and O–H groups in total. The highest BCUT2D eigenvalue weighted by atomic mass is 16.5. The number of hydrogen-bond donors (Lipinski definition) is 0. The van der Waals surface area contributed by atoms with Gasteiger partial charge in [-0.3, -0.25) is 9.59 Å². The van der Waals surface area contributed by atoms with Gasteiger partial charge >= 0.3 is 5.97 Å². The standard InChI is InChI=1S/C27H18O3/c28-24-17-23-21(18-10-4-1-5-11-18)16-22(19-12-6-2-7-13-19)25(27(23)30-24)26(29)20-14-8-3-9-15-20/h1-16H,17H2. The van der Waals surface area contributed by atoms with Gasteiger partial charge < -0.3 is 4.74 Å². The number of fused-ring (bicyclic) bond motifs is 1. The summed E-state index contributed by atoms with van der Waals surface area (Å²) in [7, 11) is 0. The summed E-state index contributed by atoms with van der Waals surface area (Å²) in [5.74, 6) is -0.108. The molecule has 0 saturated carbocycles. The number of rotatable bonds is 4. The number of hydrogen-bond acceptors (Lipinski definition) is 3. The van der Waals surface area contributed by atoms with Crippen LogP contribution >= 0.6 is 0 Å². The van der Waals surface area contributed by atoms with Crippen LogP contribution in [0.2, 0.25) is 0 Å². The molecule has 144 valence electrons. The van der Waals surface area contributed by atoms with Gasteiger partial charge in [-0.15, -0.1) is 0 Å². The summed E-state index contributed by atoms with van der Waals surface area (Å²) in [5, 5.41) is 0. The Labute approximate surface area is 174 Å². The summed E-state index contributed by atoms with van der Waals surface area (Å²) in [6.07, 6.45) is 0.156. The molecule has 3 heteroatoms. The van der Waals surface area contributed by atoms with Crippen molar-refractivity contribution < 1.29 is 14.3 Å². The zero-order valence-corrected chi connectivity index (χ0v) is 16.2. The summed E-state index contributed by atoms with van der Waals surface area (Å²) >= 11 is 0. The van der Waals surface area contributed by atoms with E-state index in [1.165, 1.54) is 0 Å². The topological polar surface area (TPSA) is 43.4 Å². The van der Waals surface area contributed by atoms with E-state index in [0.717, 1.165) is 27.8 Å². The molecule has 1 heterocycles. The largest absolute Gasteiger partial charge is 0.425 e. The highest BCUT2D eigenvalue weighted by Gasteiger charge is 2.32. The van der Waals surface area contributed by atoms with Crippen molar-refractivity contribution in [2.24, 2.45) is 0 Å². The fourth-order valence-corrected chi connectivity index (χ4v) is 3.96. The summed E-state index contributed by atoms with van der Waals surface area (Å²) in [6.45, 7) is 0. The van der Waals surface area contributed by atoms with Crippen LogP contribution in [0.5, 0.6) is 5.75 Å². The lowest BCUT2D eigenvalue weighted by Crippen LogP contribution is -2.08. The van der Waals surface area contributed by atoms with E-state index in [9.17, 15) is 9.59 Å². The number of carbonyl (C=O) groups is 2. The normalized spacial score (nSPS) is 12.3. The highest BCUT2D eigenvalue weighted by molar-refractivity contribution is 6.16. The van der Waals surface area contributed by atoms with E-state index in [1.54, 1.807) is 12.1 Å². The zero-order chi connectivity index (χ0) is 20.5. The summed E-state index contributed by atoms with van der Waals surface area (Å²) in [6, 6.07) is 30.8. The second-order valence-corrected chi connectivity index (χ2v) is 7.23. The van der Waals surface area contributed by atoms with E-state index < -0.39 is 0 Å². The van der Waals surface area contributed by atoms with Gasteiger partial charge in [-0.2, -0.15) is 0 Å². The van der Waals surface area contributed by atoms with E-state index >= 15 is 0 Å². The maximum absolute atomic E-state index is 13.6. The Balaban J connectivity index is 1.83. The summed E-state index contributed by atoms with van der Waals surface area (Å²) in [4.78, 5) is 25.9. The molecule has 0 aromatic heterocycles. The van der Waals surface area contributed by atoms with Gasteiger partial charge in [0, 0.05) is 11.1 Å². The van der Waals surface area contributed by atoms with E-state index in [-0.39, 0.29) is 18.2 Å². The van der Waals surface area contributed by atoms with Gasteiger partial charge in [-0.25, -0.2) is 0 Å². The van der Waals surface area contributed by atoms with Crippen LogP contribution in [0.15, 0.2) is 97.1 Å². The van der Waals surface area contributed by atoms with Gasteiger partial charge in [0.25, 0.3) is 0 Å². The van der Waals surface area contributed by atoms with Gasteiger partial charge in [-0.1, -0.05) is 91.0 Å². The lowest BCUT2D eigenvalue weighted by Gasteiger charge is -2.17. The molecular weight excluding hydrogens is 372 g/mol. The van der Waals surface area contributed by atoms with Gasteiger partial charge in [0.15, 0.2) is 5.78 Å². The molecule has 0 amide bonds. The predicted molar refractivity (Wildman–Crippen MR) is 117 cm³/mol. The molecule has 0 saturated heterocycles. The Hall–Kier alpha value is -3.98. The van der Waals surface area contributed by atoms with E-state index in [1.807, 2.05) is 84.9 Å². The molecule has 5 rings (SSSR count). The number of ketones is 1. The lowest BCUT2D eigenvalue weighted by atomic mass is 9.86. The highest BCUT2D eigenvalue weighted by Crippen LogP contribution is 2.44. The third kappa shape index (κ3) is 3.11. The Bertz CT molecular complexity index is 1240. The SMILES string of the molecule is O=C1Cc2c(-c3ccccc3)cc(-c3ccccc3)c(C(=O)c3ccccc3)c2O1. The maximum atomic E-state index is 13.6. The van der Waals surface area contributed by atoms with Crippen molar-refractivity contribution in [3.05, 3.63) is 114 Å². The predicted octanol–water partition coefficient (Wildman–Crippen LogP) is 5.71. The minimum atomic E-state index is -0.338. The van der Waals surface area contributed by atoms with Crippen molar-refractivity contribution in [1.29, 1.82) is 0 Å². The van der Waals surface area contributed by atoms with Crippen molar-refractivity contribution in [1.82, 2.24) is 0 Å². The van der Waals surface area contributed by atoms with Gasteiger partial charge in [-0.05, 0) is 28.3 Å². The lowest BCUT2D eigenvalue weighted by molar-refractivity contribution is -0.131. The van der Waals surface area contributed by atoms with Crippen LogP contribution in [-0.2, 0) is 11.2 Å². The third-order valence-corrected chi connectivity index (χ3v) is 5.35. The van der Waals surface area contributed by atoms with Crippen molar-refractivity contribution >= 4 is 11.8 Å². The van der Waals surface area contributed by atoms with Gasteiger partial charge in [0.1, 0.15) is 5.75 Å². The number of carbonyl (C=O) groups excluding carboxylic acids is 2. The zero-order valence-electron chi connectivity index (χ0n) is 16.2. The van der Waals surface area contributed by atoms with Crippen LogP contribution in [-0.4, -0.2) is 11.8 Å². The van der Waals surface area contributed by atoms with Crippen LogP contribution in [0, 0.1) is 0 Å². The van der Waals surface area contributed by atoms with Crippen LogP contribution in [0.3, 0.4) is 0 Å². The monoisotopic (exact) mass is 390 g/mol. The Morgan fingerprint density at radius 3 is 1.83 bits per heavy atom. The number of esters is 1. The smallest absolute Gasteiger partial charge is 0.315 e. The Morgan fingerprint density at radius 1 is 0.700 bits per heavy atom. The van der Waals surface area contributed by atoms with E-state index in [2.05, 4.69) is 0 Å². The first kappa shape index (κ1) is 18.1. The number of benzene rings is 4. The molecule has 0 atom stereocenters. The van der Waals surface area contributed by atoms with Crippen LogP contribution < -0.4 is 4.74 Å². The van der Waals surface area contributed by atoms with Crippen LogP contribution in [0.1, 0.15) is 21.5 Å². The fraction of sp³-hybridized carbons (Fsp3) is 0.0370.